The van der Waals surface area contributed by atoms with Crippen molar-refractivity contribution in [2.45, 2.75) is 37.1 Å². The van der Waals surface area contributed by atoms with Crippen LogP contribution in [0.3, 0.4) is 0 Å². The Kier molecular flexibility index (Phi) is 4.03. The first kappa shape index (κ1) is 14.9. The number of hydrogen-bond donors (Lipinski definition) is 0. The van der Waals surface area contributed by atoms with Crippen LogP contribution >= 0.6 is 0 Å². The molecule has 1 aliphatic carbocycles. The average molecular weight is 313 g/mol. The van der Waals surface area contributed by atoms with E-state index in [1.54, 1.807) is 11.2 Å². The van der Waals surface area contributed by atoms with Crippen LogP contribution in [0.2, 0.25) is 0 Å². The summed E-state index contributed by atoms with van der Waals surface area (Å²) in [6, 6.07) is 3.96. The summed E-state index contributed by atoms with van der Waals surface area (Å²) < 4.78 is 46.0. The van der Waals surface area contributed by atoms with Gasteiger partial charge in [-0.1, -0.05) is 0 Å². The molecule has 6 heteroatoms. The molecule has 0 amide bonds. The minimum Gasteiger partial charge on any atom is -0.381 e. The number of halogens is 1. The summed E-state index contributed by atoms with van der Waals surface area (Å²) in [4.78, 5) is 0.217. The summed E-state index contributed by atoms with van der Waals surface area (Å²) in [6.07, 6.45) is 2.72. The normalized spacial score (nSPS) is 22.9. The molecule has 1 atom stereocenters. The predicted octanol–water partition coefficient (Wildman–Crippen LogP) is 2.32. The van der Waals surface area contributed by atoms with Crippen molar-refractivity contribution in [2.75, 3.05) is 19.8 Å². The van der Waals surface area contributed by atoms with Gasteiger partial charge in [-0.15, -0.1) is 0 Å². The molecule has 116 valence electrons. The number of rotatable bonds is 5. The maximum atomic E-state index is 13.2. The SMILES string of the molecule is Cc1cc(F)ccc1S(=O)(=O)N(CC1CCOC1)C1CC1. The molecule has 1 saturated carbocycles. The molecule has 1 saturated heterocycles. The third-order valence-corrected chi connectivity index (χ3v) is 6.22. The Hall–Kier alpha value is -0.980. The van der Waals surface area contributed by atoms with Gasteiger partial charge < -0.3 is 4.74 Å². The van der Waals surface area contributed by atoms with Gasteiger partial charge in [-0.3, -0.25) is 0 Å². The van der Waals surface area contributed by atoms with Gasteiger partial charge in [0.05, 0.1) is 11.5 Å². The quantitative estimate of drug-likeness (QED) is 0.838. The van der Waals surface area contributed by atoms with Gasteiger partial charge in [0.1, 0.15) is 5.82 Å². The first-order valence-corrected chi connectivity index (χ1v) is 8.78. The number of hydrogen-bond acceptors (Lipinski definition) is 3. The zero-order chi connectivity index (χ0) is 15.0. The monoisotopic (exact) mass is 313 g/mol. The van der Waals surface area contributed by atoms with E-state index in [2.05, 4.69) is 0 Å². The number of benzene rings is 1. The highest BCUT2D eigenvalue weighted by molar-refractivity contribution is 7.89. The van der Waals surface area contributed by atoms with Crippen LogP contribution in [-0.4, -0.2) is 38.5 Å². The van der Waals surface area contributed by atoms with Crippen molar-refractivity contribution in [3.05, 3.63) is 29.6 Å². The minimum atomic E-state index is -3.56. The predicted molar refractivity (Wildman–Crippen MR) is 77.0 cm³/mol. The van der Waals surface area contributed by atoms with Crippen LogP contribution in [0.1, 0.15) is 24.8 Å². The van der Waals surface area contributed by atoms with Crippen molar-refractivity contribution in [1.29, 1.82) is 0 Å². The molecule has 0 N–H and O–H groups in total. The molecule has 2 aliphatic rings. The van der Waals surface area contributed by atoms with Gasteiger partial charge in [0.15, 0.2) is 0 Å². The minimum absolute atomic E-state index is 0.0973. The summed E-state index contributed by atoms with van der Waals surface area (Å²) in [5, 5.41) is 0. The molecule has 0 bridgehead atoms. The molecule has 1 aromatic rings. The van der Waals surface area contributed by atoms with Crippen LogP contribution in [0.4, 0.5) is 4.39 Å². The number of aryl methyl sites for hydroxylation is 1. The zero-order valence-corrected chi connectivity index (χ0v) is 12.9. The zero-order valence-electron chi connectivity index (χ0n) is 12.1. The van der Waals surface area contributed by atoms with E-state index in [1.165, 1.54) is 18.2 Å². The lowest BCUT2D eigenvalue weighted by molar-refractivity contribution is 0.180. The van der Waals surface area contributed by atoms with E-state index in [9.17, 15) is 12.8 Å². The van der Waals surface area contributed by atoms with Crippen molar-refractivity contribution >= 4 is 10.0 Å². The third-order valence-electron chi connectivity index (χ3n) is 4.14. The molecule has 4 nitrogen and oxygen atoms in total. The molecular formula is C15H20FNO3S. The van der Waals surface area contributed by atoms with E-state index in [4.69, 9.17) is 4.74 Å². The highest BCUT2D eigenvalue weighted by Gasteiger charge is 2.40. The van der Waals surface area contributed by atoms with Gasteiger partial charge in [0.25, 0.3) is 0 Å². The molecule has 21 heavy (non-hydrogen) atoms. The van der Waals surface area contributed by atoms with Crippen molar-refractivity contribution in [1.82, 2.24) is 4.31 Å². The lowest BCUT2D eigenvalue weighted by Gasteiger charge is -2.25. The summed E-state index contributed by atoms with van der Waals surface area (Å²) in [5.41, 5.74) is 0.461. The maximum Gasteiger partial charge on any atom is 0.243 e. The Morgan fingerprint density at radius 1 is 1.33 bits per heavy atom. The van der Waals surface area contributed by atoms with Crippen LogP contribution in [0.5, 0.6) is 0 Å². The largest absolute Gasteiger partial charge is 0.381 e. The van der Waals surface area contributed by atoms with Gasteiger partial charge in [-0.2, -0.15) is 4.31 Å². The van der Waals surface area contributed by atoms with Crippen molar-refractivity contribution in [2.24, 2.45) is 5.92 Å². The fraction of sp³-hybridized carbons (Fsp3) is 0.600. The van der Waals surface area contributed by atoms with Crippen LogP contribution in [0, 0.1) is 18.7 Å². The molecule has 1 unspecified atom stereocenters. The van der Waals surface area contributed by atoms with Gasteiger partial charge in [-0.05, 0) is 55.9 Å². The van der Waals surface area contributed by atoms with E-state index in [0.717, 1.165) is 19.3 Å². The third kappa shape index (κ3) is 3.12. The molecule has 2 fully saturated rings. The second kappa shape index (κ2) is 5.66. The molecule has 1 aromatic carbocycles. The highest BCUT2D eigenvalue weighted by Crippen LogP contribution is 2.34. The summed E-state index contributed by atoms with van der Waals surface area (Å²) >= 11 is 0. The van der Waals surface area contributed by atoms with Crippen LogP contribution in [0.15, 0.2) is 23.1 Å². The van der Waals surface area contributed by atoms with E-state index < -0.39 is 15.8 Å². The van der Waals surface area contributed by atoms with E-state index in [1.807, 2.05) is 0 Å². The van der Waals surface area contributed by atoms with Crippen LogP contribution in [0.25, 0.3) is 0 Å². The Labute approximate surface area is 125 Å². The van der Waals surface area contributed by atoms with Gasteiger partial charge in [0, 0.05) is 19.2 Å². The molecule has 1 aliphatic heterocycles. The number of ether oxygens (including phenoxy) is 1. The number of sulfonamides is 1. The topological polar surface area (TPSA) is 46.6 Å². The van der Waals surface area contributed by atoms with Crippen LogP contribution in [-0.2, 0) is 14.8 Å². The van der Waals surface area contributed by atoms with Crippen molar-refractivity contribution in [3.8, 4) is 0 Å². The van der Waals surface area contributed by atoms with Gasteiger partial charge in [0.2, 0.25) is 10.0 Å². The fourth-order valence-electron chi connectivity index (χ4n) is 2.82. The number of nitrogens with zero attached hydrogens (tertiary/aromatic N) is 1. The first-order valence-electron chi connectivity index (χ1n) is 7.34. The second-order valence-corrected chi connectivity index (χ2v) is 7.80. The van der Waals surface area contributed by atoms with Crippen molar-refractivity contribution in [3.63, 3.8) is 0 Å². The Morgan fingerprint density at radius 2 is 2.10 bits per heavy atom. The van der Waals surface area contributed by atoms with Crippen LogP contribution < -0.4 is 0 Å². The van der Waals surface area contributed by atoms with Gasteiger partial charge in [-0.25, -0.2) is 12.8 Å². The van der Waals surface area contributed by atoms with E-state index >= 15 is 0 Å². The molecule has 0 radical (unpaired) electrons. The molecule has 0 spiro atoms. The molecule has 3 rings (SSSR count). The highest BCUT2D eigenvalue weighted by atomic mass is 32.2. The Bertz CT molecular complexity index is 622. The molecule has 1 heterocycles. The summed E-state index contributed by atoms with van der Waals surface area (Å²) in [5.74, 6) is -0.144. The lowest BCUT2D eigenvalue weighted by Crippen LogP contribution is -2.37. The van der Waals surface area contributed by atoms with E-state index in [-0.39, 0.29) is 16.9 Å². The second-order valence-electron chi connectivity index (χ2n) is 5.95. The van der Waals surface area contributed by atoms with Crippen molar-refractivity contribution < 1.29 is 17.5 Å². The Morgan fingerprint density at radius 3 is 2.67 bits per heavy atom. The van der Waals surface area contributed by atoms with E-state index in [0.29, 0.717) is 25.3 Å². The Balaban J connectivity index is 1.89. The summed E-state index contributed by atoms with van der Waals surface area (Å²) in [6.45, 7) is 3.48. The standard InChI is InChI=1S/C15H20FNO3S/c1-11-8-13(16)2-5-15(11)21(18,19)17(14-3-4-14)9-12-6-7-20-10-12/h2,5,8,12,14H,3-4,6-7,9-10H2,1H3. The smallest absolute Gasteiger partial charge is 0.243 e. The van der Waals surface area contributed by atoms with Gasteiger partial charge >= 0.3 is 0 Å². The molecular weight excluding hydrogens is 293 g/mol. The fourth-order valence-corrected chi connectivity index (χ4v) is 4.79. The average Bonchev–Trinajstić information content (AvgIpc) is 3.11. The maximum absolute atomic E-state index is 13.2. The molecule has 0 aromatic heterocycles. The first-order chi connectivity index (χ1) is 9.98. The summed E-state index contributed by atoms with van der Waals surface area (Å²) in [7, 11) is -3.56. The lowest BCUT2D eigenvalue weighted by atomic mass is 10.1.